The molecule has 1 aliphatic heterocycles. The van der Waals surface area contributed by atoms with Gasteiger partial charge < -0.3 is 14.8 Å². The van der Waals surface area contributed by atoms with Crippen LogP contribution >= 0.6 is 0 Å². The van der Waals surface area contributed by atoms with Crippen molar-refractivity contribution >= 4 is 0 Å². The normalized spacial score (nSPS) is 29.4. The Morgan fingerprint density at radius 3 is 2.86 bits per heavy atom. The van der Waals surface area contributed by atoms with Crippen molar-refractivity contribution in [1.29, 1.82) is 0 Å². The van der Waals surface area contributed by atoms with Gasteiger partial charge in [0.05, 0.1) is 18.2 Å². The summed E-state index contributed by atoms with van der Waals surface area (Å²) < 4.78 is 11.4. The van der Waals surface area contributed by atoms with E-state index >= 15 is 0 Å². The Kier molecular flexibility index (Phi) is 4.85. The van der Waals surface area contributed by atoms with Gasteiger partial charge in [-0.05, 0) is 33.2 Å². The molecule has 0 radical (unpaired) electrons. The molecule has 1 aliphatic rings. The standard InChI is InChI=1S/C11H23NO2/c1-4-7-13-9-10(12-3)11(2)6-5-8-14-11/h10,12H,4-9H2,1-3H3. The van der Waals surface area contributed by atoms with Gasteiger partial charge in [-0.1, -0.05) is 6.92 Å². The van der Waals surface area contributed by atoms with E-state index in [9.17, 15) is 0 Å². The van der Waals surface area contributed by atoms with E-state index in [1.807, 2.05) is 7.05 Å². The summed E-state index contributed by atoms with van der Waals surface area (Å²) in [4.78, 5) is 0. The third kappa shape index (κ3) is 2.94. The van der Waals surface area contributed by atoms with Gasteiger partial charge in [0.25, 0.3) is 0 Å². The lowest BCUT2D eigenvalue weighted by molar-refractivity contribution is -0.0371. The van der Waals surface area contributed by atoms with Crippen LogP contribution in [0.1, 0.15) is 33.1 Å². The van der Waals surface area contributed by atoms with Gasteiger partial charge >= 0.3 is 0 Å². The number of hydrogen-bond acceptors (Lipinski definition) is 3. The molecule has 0 aliphatic carbocycles. The zero-order valence-corrected chi connectivity index (χ0v) is 9.64. The zero-order chi connectivity index (χ0) is 10.4. The second kappa shape index (κ2) is 5.69. The molecule has 0 amide bonds. The van der Waals surface area contributed by atoms with Crippen LogP contribution in [0.3, 0.4) is 0 Å². The summed E-state index contributed by atoms with van der Waals surface area (Å²) in [6, 6.07) is 0.316. The van der Waals surface area contributed by atoms with Gasteiger partial charge in [-0.25, -0.2) is 0 Å². The second-order valence-corrected chi connectivity index (χ2v) is 4.18. The van der Waals surface area contributed by atoms with Crippen molar-refractivity contribution in [3.63, 3.8) is 0 Å². The van der Waals surface area contributed by atoms with Gasteiger partial charge in [-0.3, -0.25) is 0 Å². The molecule has 1 N–H and O–H groups in total. The molecule has 14 heavy (non-hydrogen) atoms. The van der Waals surface area contributed by atoms with Crippen molar-refractivity contribution in [2.24, 2.45) is 0 Å². The topological polar surface area (TPSA) is 30.5 Å². The van der Waals surface area contributed by atoms with Crippen molar-refractivity contribution in [2.75, 3.05) is 26.9 Å². The van der Waals surface area contributed by atoms with Crippen LogP contribution in [0.4, 0.5) is 0 Å². The number of hydrogen-bond donors (Lipinski definition) is 1. The molecule has 3 nitrogen and oxygen atoms in total. The molecular formula is C11H23NO2. The van der Waals surface area contributed by atoms with Gasteiger partial charge in [0.1, 0.15) is 0 Å². The van der Waals surface area contributed by atoms with Crippen LogP contribution in [0.2, 0.25) is 0 Å². The van der Waals surface area contributed by atoms with Crippen molar-refractivity contribution in [1.82, 2.24) is 5.32 Å². The van der Waals surface area contributed by atoms with Gasteiger partial charge in [-0.2, -0.15) is 0 Å². The van der Waals surface area contributed by atoms with Gasteiger partial charge in [0.2, 0.25) is 0 Å². The molecule has 2 atom stereocenters. The number of ether oxygens (including phenoxy) is 2. The molecule has 84 valence electrons. The molecule has 1 rings (SSSR count). The Morgan fingerprint density at radius 1 is 1.57 bits per heavy atom. The number of rotatable bonds is 6. The maximum atomic E-state index is 5.78. The van der Waals surface area contributed by atoms with Crippen molar-refractivity contribution in [2.45, 2.75) is 44.8 Å². The Labute approximate surface area is 87.2 Å². The van der Waals surface area contributed by atoms with Gasteiger partial charge in [-0.15, -0.1) is 0 Å². The summed E-state index contributed by atoms with van der Waals surface area (Å²) in [5.41, 5.74) is -0.0253. The SMILES string of the molecule is CCCOCC(NC)C1(C)CCCO1. The molecule has 0 aromatic heterocycles. The summed E-state index contributed by atoms with van der Waals surface area (Å²) in [5.74, 6) is 0. The molecule has 1 saturated heterocycles. The molecule has 1 heterocycles. The lowest BCUT2D eigenvalue weighted by Crippen LogP contribution is -2.49. The molecule has 0 aromatic rings. The molecule has 3 heteroatoms. The first-order valence-corrected chi connectivity index (χ1v) is 5.62. The van der Waals surface area contributed by atoms with E-state index in [2.05, 4.69) is 19.2 Å². The van der Waals surface area contributed by atoms with E-state index in [1.165, 1.54) is 6.42 Å². The smallest absolute Gasteiger partial charge is 0.0830 e. The highest BCUT2D eigenvalue weighted by molar-refractivity contribution is 4.91. The van der Waals surface area contributed by atoms with Crippen LogP contribution in [-0.4, -0.2) is 38.5 Å². The summed E-state index contributed by atoms with van der Waals surface area (Å²) in [6.07, 6.45) is 3.38. The summed E-state index contributed by atoms with van der Waals surface area (Å²) >= 11 is 0. The van der Waals surface area contributed by atoms with E-state index in [4.69, 9.17) is 9.47 Å². The Balaban J connectivity index is 2.35. The minimum atomic E-state index is -0.0253. The predicted molar refractivity (Wildman–Crippen MR) is 57.5 cm³/mol. The third-order valence-corrected chi connectivity index (χ3v) is 2.97. The monoisotopic (exact) mass is 201 g/mol. The highest BCUT2D eigenvalue weighted by Crippen LogP contribution is 2.28. The van der Waals surface area contributed by atoms with Crippen molar-refractivity contribution in [3.8, 4) is 0 Å². The minimum absolute atomic E-state index is 0.0253. The molecule has 2 unspecified atom stereocenters. The second-order valence-electron chi connectivity index (χ2n) is 4.18. The van der Waals surface area contributed by atoms with Crippen molar-refractivity contribution < 1.29 is 9.47 Å². The first kappa shape index (κ1) is 12.0. The van der Waals surface area contributed by atoms with Crippen LogP contribution in [-0.2, 0) is 9.47 Å². The van der Waals surface area contributed by atoms with E-state index < -0.39 is 0 Å². The lowest BCUT2D eigenvalue weighted by atomic mass is 9.94. The van der Waals surface area contributed by atoms with Crippen LogP contribution < -0.4 is 5.32 Å². The fourth-order valence-corrected chi connectivity index (χ4v) is 1.99. The summed E-state index contributed by atoms with van der Waals surface area (Å²) in [5, 5.41) is 3.29. The fraction of sp³-hybridized carbons (Fsp3) is 1.00. The Hall–Kier alpha value is -0.120. The lowest BCUT2D eigenvalue weighted by Gasteiger charge is -2.32. The van der Waals surface area contributed by atoms with E-state index in [0.717, 1.165) is 32.7 Å². The van der Waals surface area contributed by atoms with Crippen LogP contribution in [0.25, 0.3) is 0 Å². The quantitative estimate of drug-likeness (QED) is 0.662. The van der Waals surface area contributed by atoms with Crippen LogP contribution in [0.5, 0.6) is 0 Å². The van der Waals surface area contributed by atoms with Gasteiger partial charge in [0, 0.05) is 13.2 Å². The Morgan fingerprint density at radius 2 is 2.36 bits per heavy atom. The van der Waals surface area contributed by atoms with Gasteiger partial charge in [0.15, 0.2) is 0 Å². The summed E-state index contributed by atoms with van der Waals surface area (Å²) in [7, 11) is 1.98. The highest BCUT2D eigenvalue weighted by atomic mass is 16.5. The fourth-order valence-electron chi connectivity index (χ4n) is 1.99. The van der Waals surface area contributed by atoms with Crippen LogP contribution in [0, 0.1) is 0 Å². The first-order valence-electron chi connectivity index (χ1n) is 5.62. The van der Waals surface area contributed by atoms with Crippen LogP contribution in [0.15, 0.2) is 0 Å². The molecule has 1 fully saturated rings. The third-order valence-electron chi connectivity index (χ3n) is 2.97. The maximum Gasteiger partial charge on any atom is 0.0830 e. The van der Waals surface area contributed by atoms with E-state index in [0.29, 0.717) is 6.04 Å². The highest BCUT2D eigenvalue weighted by Gasteiger charge is 2.37. The summed E-state index contributed by atoms with van der Waals surface area (Å²) in [6.45, 7) is 6.79. The molecular weight excluding hydrogens is 178 g/mol. The zero-order valence-electron chi connectivity index (χ0n) is 9.64. The predicted octanol–water partition coefficient (Wildman–Crippen LogP) is 1.57. The minimum Gasteiger partial charge on any atom is -0.380 e. The maximum absolute atomic E-state index is 5.78. The van der Waals surface area contributed by atoms with E-state index in [-0.39, 0.29) is 5.60 Å². The number of nitrogens with one attached hydrogen (secondary N) is 1. The molecule has 0 saturated carbocycles. The largest absolute Gasteiger partial charge is 0.380 e. The Bertz CT molecular complexity index is 155. The molecule has 0 aromatic carbocycles. The number of likely N-dealkylation sites (N-methyl/N-ethyl adjacent to an activating group) is 1. The average molecular weight is 201 g/mol. The van der Waals surface area contributed by atoms with E-state index in [1.54, 1.807) is 0 Å². The van der Waals surface area contributed by atoms with Crippen molar-refractivity contribution in [3.05, 3.63) is 0 Å². The molecule has 0 spiro atoms. The average Bonchev–Trinajstić information content (AvgIpc) is 2.61. The molecule has 0 bridgehead atoms. The first-order chi connectivity index (χ1) is 6.73.